The van der Waals surface area contributed by atoms with Gasteiger partial charge in [0.1, 0.15) is 12.1 Å². The maximum Gasteiger partial charge on any atom is 0.106 e. The maximum atomic E-state index is 10.3. The van der Waals surface area contributed by atoms with Gasteiger partial charge in [0.2, 0.25) is 0 Å². The summed E-state index contributed by atoms with van der Waals surface area (Å²) in [5.74, 6) is 2.69. The zero-order valence-electron chi connectivity index (χ0n) is 9.75. The highest BCUT2D eigenvalue weighted by Crippen LogP contribution is 2.21. The largest absolute Gasteiger partial charge is 0.386 e. The first kappa shape index (κ1) is 12.1. The van der Waals surface area contributed by atoms with Gasteiger partial charge in [0.05, 0.1) is 13.2 Å². The molecule has 2 rings (SSSR count). The van der Waals surface area contributed by atoms with E-state index in [1.54, 1.807) is 0 Å². The van der Waals surface area contributed by atoms with Crippen LogP contribution in [0.2, 0.25) is 0 Å². The summed E-state index contributed by atoms with van der Waals surface area (Å²) >= 11 is 0. The molecule has 1 N–H and O–H groups in total. The third-order valence-electron chi connectivity index (χ3n) is 3.05. The summed E-state index contributed by atoms with van der Waals surface area (Å²) in [5, 5.41) is 10.3. The Labute approximate surface area is 102 Å². The lowest BCUT2D eigenvalue weighted by molar-refractivity contribution is -0.00486. The standard InChI is InChI=1S/C14H17NO2/c1-2-13(15-8-10-17-11-9-15)14(16)12-6-4-3-5-7-12/h1,3-7,13-14,16H,8-11H2. The molecule has 0 aromatic heterocycles. The Kier molecular flexibility index (Phi) is 4.16. The topological polar surface area (TPSA) is 32.7 Å². The van der Waals surface area contributed by atoms with Crippen molar-refractivity contribution in [3.05, 3.63) is 35.9 Å². The fourth-order valence-electron chi connectivity index (χ4n) is 2.08. The molecule has 1 aliphatic heterocycles. The highest BCUT2D eigenvalue weighted by atomic mass is 16.5. The average molecular weight is 231 g/mol. The van der Waals surface area contributed by atoms with Gasteiger partial charge in [0, 0.05) is 13.1 Å². The lowest BCUT2D eigenvalue weighted by Crippen LogP contribution is -2.45. The Bertz CT molecular complexity index is 379. The number of morpholine rings is 1. The van der Waals surface area contributed by atoms with Crippen LogP contribution in [0.25, 0.3) is 0 Å². The SMILES string of the molecule is C#CC(C(O)c1ccccc1)N1CCOCC1. The zero-order chi connectivity index (χ0) is 12.1. The lowest BCUT2D eigenvalue weighted by Gasteiger charge is -2.34. The molecule has 3 heteroatoms. The van der Waals surface area contributed by atoms with Gasteiger partial charge < -0.3 is 9.84 Å². The number of rotatable bonds is 3. The smallest absolute Gasteiger partial charge is 0.106 e. The minimum Gasteiger partial charge on any atom is -0.386 e. The lowest BCUT2D eigenvalue weighted by atomic mass is 10.0. The van der Waals surface area contributed by atoms with Crippen LogP contribution in [0.15, 0.2) is 30.3 Å². The van der Waals surface area contributed by atoms with Gasteiger partial charge in [-0.05, 0) is 5.56 Å². The van der Waals surface area contributed by atoms with Crippen LogP contribution in [0.1, 0.15) is 11.7 Å². The highest BCUT2D eigenvalue weighted by Gasteiger charge is 2.26. The normalized spacial score (nSPS) is 20.5. The molecule has 0 radical (unpaired) electrons. The van der Waals surface area contributed by atoms with Crippen LogP contribution < -0.4 is 0 Å². The second kappa shape index (κ2) is 5.83. The van der Waals surface area contributed by atoms with E-state index < -0.39 is 6.10 Å². The van der Waals surface area contributed by atoms with Crippen LogP contribution in [0.5, 0.6) is 0 Å². The number of hydrogen-bond acceptors (Lipinski definition) is 3. The molecule has 1 aromatic rings. The van der Waals surface area contributed by atoms with E-state index in [4.69, 9.17) is 11.2 Å². The molecule has 0 saturated carbocycles. The molecule has 1 aromatic carbocycles. The molecule has 2 atom stereocenters. The van der Waals surface area contributed by atoms with Crippen molar-refractivity contribution in [2.75, 3.05) is 26.3 Å². The zero-order valence-corrected chi connectivity index (χ0v) is 9.75. The molecular formula is C14H17NO2. The molecule has 0 bridgehead atoms. The van der Waals surface area contributed by atoms with E-state index in [0.717, 1.165) is 18.7 Å². The molecule has 0 amide bonds. The first-order chi connectivity index (χ1) is 8.33. The van der Waals surface area contributed by atoms with Gasteiger partial charge in [-0.25, -0.2) is 0 Å². The van der Waals surface area contributed by atoms with Gasteiger partial charge in [-0.1, -0.05) is 36.3 Å². The number of hydrogen-bond donors (Lipinski definition) is 1. The first-order valence-corrected chi connectivity index (χ1v) is 5.84. The van der Waals surface area contributed by atoms with Crippen molar-refractivity contribution < 1.29 is 9.84 Å². The number of aliphatic hydroxyl groups excluding tert-OH is 1. The van der Waals surface area contributed by atoms with Crippen LogP contribution in [0, 0.1) is 12.3 Å². The van der Waals surface area contributed by atoms with E-state index in [1.165, 1.54) is 0 Å². The molecule has 1 aliphatic rings. The third kappa shape index (κ3) is 2.86. The Balaban J connectivity index is 2.10. The summed E-state index contributed by atoms with van der Waals surface area (Å²) in [5.41, 5.74) is 0.863. The van der Waals surface area contributed by atoms with Crippen molar-refractivity contribution in [2.45, 2.75) is 12.1 Å². The van der Waals surface area contributed by atoms with E-state index in [0.29, 0.717) is 13.2 Å². The number of aliphatic hydroxyl groups is 1. The molecule has 17 heavy (non-hydrogen) atoms. The number of terminal acetylenes is 1. The van der Waals surface area contributed by atoms with Crippen molar-refractivity contribution in [1.29, 1.82) is 0 Å². The van der Waals surface area contributed by atoms with Crippen molar-refractivity contribution in [1.82, 2.24) is 4.90 Å². The monoisotopic (exact) mass is 231 g/mol. The summed E-state index contributed by atoms with van der Waals surface area (Å²) in [4.78, 5) is 2.10. The Morgan fingerprint density at radius 2 is 1.88 bits per heavy atom. The second-order valence-corrected chi connectivity index (χ2v) is 4.12. The summed E-state index contributed by atoms with van der Waals surface area (Å²) in [6.07, 6.45) is 4.91. The average Bonchev–Trinajstić information content (AvgIpc) is 2.42. The van der Waals surface area contributed by atoms with Gasteiger partial charge in [-0.3, -0.25) is 4.90 Å². The molecule has 0 spiro atoms. The minimum atomic E-state index is -0.640. The molecule has 2 unspecified atom stereocenters. The van der Waals surface area contributed by atoms with E-state index in [-0.39, 0.29) is 6.04 Å². The molecule has 3 nitrogen and oxygen atoms in total. The van der Waals surface area contributed by atoms with Crippen molar-refractivity contribution in [3.63, 3.8) is 0 Å². The van der Waals surface area contributed by atoms with E-state index in [9.17, 15) is 5.11 Å². The molecule has 1 heterocycles. The van der Waals surface area contributed by atoms with Crippen molar-refractivity contribution >= 4 is 0 Å². The first-order valence-electron chi connectivity index (χ1n) is 5.84. The van der Waals surface area contributed by atoms with E-state index in [1.807, 2.05) is 30.3 Å². The third-order valence-corrected chi connectivity index (χ3v) is 3.05. The molecular weight excluding hydrogens is 214 g/mol. The van der Waals surface area contributed by atoms with Gasteiger partial charge in [0.15, 0.2) is 0 Å². The molecule has 1 saturated heterocycles. The molecule has 0 aliphatic carbocycles. The van der Waals surface area contributed by atoms with Crippen LogP contribution >= 0.6 is 0 Å². The highest BCUT2D eigenvalue weighted by molar-refractivity contribution is 5.22. The summed E-state index contributed by atoms with van der Waals surface area (Å²) in [6, 6.07) is 9.26. The van der Waals surface area contributed by atoms with Crippen LogP contribution in [0.4, 0.5) is 0 Å². The summed E-state index contributed by atoms with van der Waals surface area (Å²) in [6.45, 7) is 2.91. The molecule has 1 fully saturated rings. The summed E-state index contributed by atoms with van der Waals surface area (Å²) < 4.78 is 5.29. The van der Waals surface area contributed by atoms with E-state index in [2.05, 4.69) is 10.8 Å². The predicted octanol–water partition coefficient (Wildman–Crippen LogP) is 1.05. The Morgan fingerprint density at radius 1 is 1.24 bits per heavy atom. The van der Waals surface area contributed by atoms with Crippen LogP contribution in [0.3, 0.4) is 0 Å². The van der Waals surface area contributed by atoms with Gasteiger partial charge in [-0.2, -0.15) is 0 Å². The number of ether oxygens (including phenoxy) is 1. The predicted molar refractivity (Wildman–Crippen MR) is 66.4 cm³/mol. The Morgan fingerprint density at radius 3 is 2.47 bits per heavy atom. The fraction of sp³-hybridized carbons (Fsp3) is 0.429. The minimum absolute atomic E-state index is 0.277. The van der Waals surface area contributed by atoms with Gasteiger partial charge in [0.25, 0.3) is 0 Å². The van der Waals surface area contributed by atoms with Gasteiger partial charge in [-0.15, -0.1) is 6.42 Å². The fourth-order valence-corrected chi connectivity index (χ4v) is 2.08. The van der Waals surface area contributed by atoms with E-state index >= 15 is 0 Å². The quantitative estimate of drug-likeness (QED) is 0.789. The van der Waals surface area contributed by atoms with Gasteiger partial charge >= 0.3 is 0 Å². The summed E-state index contributed by atoms with van der Waals surface area (Å²) in [7, 11) is 0. The van der Waals surface area contributed by atoms with Crippen LogP contribution in [-0.4, -0.2) is 42.4 Å². The second-order valence-electron chi connectivity index (χ2n) is 4.12. The number of benzene rings is 1. The number of nitrogens with zero attached hydrogens (tertiary/aromatic N) is 1. The Hall–Kier alpha value is -1.34. The molecule has 90 valence electrons. The van der Waals surface area contributed by atoms with Crippen molar-refractivity contribution in [2.24, 2.45) is 0 Å². The van der Waals surface area contributed by atoms with Crippen LogP contribution in [-0.2, 0) is 4.74 Å². The van der Waals surface area contributed by atoms with Crippen molar-refractivity contribution in [3.8, 4) is 12.3 Å². The maximum absolute atomic E-state index is 10.3.